The topological polar surface area (TPSA) is 108 Å². The van der Waals surface area contributed by atoms with Gasteiger partial charge >= 0.3 is 0 Å². The molecular formula is C19H25ClN2O5S. The number of carbonyl (C=O) groups is 1. The summed E-state index contributed by atoms with van der Waals surface area (Å²) in [4.78, 5) is 12.5. The molecule has 0 saturated carbocycles. The first-order valence-corrected chi connectivity index (χ1v) is 10.1. The smallest absolute Gasteiger partial charge is 0.228 e. The Morgan fingerprint density at radius 1 is 1.07 bits per heavy atom. The molecule has 154 valence electrons. The highest BCUT2D eigenvalue weighted by molar-refractivity contribution is 7.91. The number of methoxy groups -OCH3 is 1. The minimum atomic E-state index is -3.59. The fraction of sp³-hybridized carbons (Fsp3) is 0.316. The van der Waals surface area contributed by atoms with Crippen LogP contribution in [0.2, 0.25) is 0 Å². The van der Waals surface area contributed by atoms with Gasteiger partial charge in [-0.15, -0.1) is 12.4 Å². The summed E-state index contributed by atoms with van der Waals surface area (Å²) in [6, 6.07) is 12.9. The van der Waals surface area contributed by atoms with Gasteiger partial charge in [-0.2, -0.15) is 0 Å². The maximum absolute atomic E-state index is 12.5. The summed E-state index contributed by atoms with van der Waals surface area (Å²) in [6.45, 7) is 2.40. The fourth-order valence-electron chi connectivity index (χ4n) is 2.36. The number of anilines is 1. The molecule has 9 heteroatoms. The van der Waals surface area contributed by atoms with Crippen LogP contribution in [0.1, 0.15) is 6.92 Å². The Balaban J connectivity index is 0.00000392. The van der Waals surface area contributed by atoms with Crippen LogP contribution in [0.4, 0.5) is 5.69 Å². The molecule has 28 heavy (non-hydrogen) atoms. The van der Waals surface area contributed by atoms with Crippen LogP contribution in [0.25, 0.3) is 0 Å². The van der Waals surface area contributed by atoms with E-state index in [1.54, 1.807) is 43.3 Å². The van der Waals surface area contributed by atoms with Crippen LogP contribution in [0.3, 0.4) is 0 Å². The molecule has 0 bridgehead atoms. The second-order valence-electron chi connectivity index (χ2n) is 6.01. The molecule has 7 nitrogen and oxygen atoms in total. The van der Waals surface area contributed by atoms with E-state index < -0.39 is 15.8 Å². The molecule has 2 aromatic rings. The first kappa shape index (κ1) is 23.7. The van der Waals surface area contributed by atoms with E-state index in [1.807, 2.05) is 0 Å². The van der Waals surface area contributed by atoms with Crippen LogP contribution in [0.15, 0.2) is 53.4 Å². The molecule has 0 saturated heterocycles. The zero-order valence-corrected chi connectivity index (χ0v) is 17.4. The summed E-state index contributed by atoms with van der Waals surface area (Å²) in [5.74, 6) is -0.164. The van der Waals surface area contributed by atoms with E-state index >= 15 is 0 Å². The van der Waals surface area contributed by atoms with Gasteiger partial charge < -0.3 is 20.5 Å². The summed E-state index contributed by atoms with van der Waals surface area (Å²) < 4.78 is 35.4. The van der Waals surface area contributed by atoms with Gasteiger partial charge in [-0.1, -0.05) is 6.92 Å². The van der Waals surface area contributed by atoms with Crippen molar-refractivity contribution in [2.45, 2.75) is 11.8 Å². The van der Waals surface area contributed by atoms with Gasteiger partial charge in [0.1, 0.15) is 18.1 Å². The second kappa shape index (κ2) is 10.9. The predicted octanol–water partition coefficient (Wildman–Crippen LogP) is 2.50. The third kappa shape index (κ3) is 6.70. The summed E-state index contributed by atoms with van der Waals surface area (Å²) in [6.07, 6.45) is 0. The van der Waals surface area contributed by atoms with E-state index in [0.717, 1.165) is 0 Å². The van der Waals surface area contributed by atoms with Gasteiger partial charge in [0.05, 0.1) is 17.8 Å². The summed E-state index contributed by atoms with van der Waals surface area (Å²) in [5, 5.41) is 2.71. The summed E-state index contributed by atoms with van der Waals surface area (Å²) in [7, 11) is -2.08. The molecule has 1 unspecified atom stereocenters. The molecule has 0 spiro atoms. The van der Waals surface area contributed by atoms with Gasteiger partial charge in [0.2, 0.25) is 5.91 Å². The minimum Gasteiger partial charge on any atom is -0.497 e. The van der Waals surface area contributed by atoms with Crippen LogP contribution >= 0.6 is 12.4 Å². The molecular weight excluding hydrogens is 404 g/mol. The third-order valence-corrected chi connectivity index (χ3v) is 5.77. The standard InChI is InChI=1S/C19H24N2O5S.ClH/c1-14(13-27(23,24)18-9-7-16(25-2)8-10-18)19(22)21-15-3-5-17(6-4-15)26-12-11-20;/h3-10,14H,11-13,20H2,1-2H3,(H,21,22);1H. The van der Waals surface area contributed by atoms with E-state index in [2.05, 4.69) is 5.32 Å². The first-order chi connectivity index (χ1) is 12.9. The maximum Gasteiger partial charge on any atom is 0.228 e. The van der Waals surface area contributed by atoms with Crippen molar-refractivity contribution in [1.82, 2.24) is 0 Å². The Labute approximate surface area is 171 Å². The van der Waals surface area contributed by atoms with Crippen LogP contribution in [-0.2, 0) is 14.6 Å². The molecule has 2 rings (SSSR count). The van der Waals surface area contributed by atoms with Gasteiger partial charge in [0.25, 0.3) is 0 Å². The number of sulfone groups is 1. The molecule has 0 radical (unpaired) electrons. The van der Waals surface area contributed by atoms with Crippen molar-refractivity contribution < 1.29 is 22.7 Å². The molecule has 0 aliphatic heterocycles. The van der Waals surface area contributed by atoms with E-state index in [4.69, 9.17) is 15.2 Å². The van der Waals surface area contributed by atoms with Crippen LogP contribution in [0.5, 0.6) is 11.5 Å². The van der Waals surface area contributed by atoms with Crippen molar-refractivity contribution in [3.05, 3.63) is 48.5 Å². The van der Waals surface area contributed by atoms with Crippen LogP contribution < -0.4 is 20.5 Å². The monoisotopic (exact) mass is 428 g/mol. The van der Waals surface area contributed by atoms with Crippen molar-refractivity contribution in [2.75, 3.05) is 31.3 Å². The lowest BCUT2D eigenvalue weighted by Gasteiger charge is -2.13. The predicted molar refractivity (Wildman–Crippen MR) is 111 cm³/mol. The Morgan fingerprint density at radius 2 is 1.64 bits per heavy atom. The van der Waals surface area contributed by atoms with E-state index in [0.29, 0.717) is 30.3 Å². The zero-order valence-electron chi connectivity index (χ0n) is 15.8. The van der Waals surface area contributed by atoms with Crippen LogP contribution in [-0.4, -0.2) is 40.3 Å². The maximum atomic E-state index is 12.5. The number of amides is 1. The minimum absolute atomic E-state index is 0. The van der Waals surface area contributed by atoms with Gasteiger partial charge in [0, 0.05) is 18.2 Å². The number of nitrogens with two attached hydrogens (primary N) is 1. The van der Waals surface area contributed by atoms with Crippen molar-refractivity contribution in [3.8, 4) is 11.5 Å². The molecule has 2 aromatic carbocycles. The largest absolute Gasteiger partial charge is 0.497 e. The quantitative estimate of drug-likeness (QED) is 0.635. The van der Waals surface area contributed by atoms with Crippen molar-refractivity contribution in [1.29, 1.82) is 0 Å². The number of nitrogens with one attached hydrogen (secondary N) is 1. The lowest BCUT2D eigenvalue weighted by molar-refractivity contribution is -0.118. The first-order valence-electron chi connectivity index (χ1n) is 8.46. The second-order valence-corrected chi connectivity index (χ2v) is 8.04. The van der Waals surface area contributed by atoms with Gasteiger partial charge in [-0.3, -0.25) is 4.79 Å². The molecule has 0 aromatic heterocycles. The number of hydrogen-bond acceptors (Lipinski definition) is 6. The number of carbonyl (C=O) groups excluding carboxylic acids is 1. The Bertz CT molecular complexity index is 855. The molecule has 1 amide bonds. The normalized spacial score (nSPS) is 11.8. The molecule has 0 aliphatic carbocycles. The van der Waals surface area contributed by atoms with E-state index in [9.17, 15) is 13.2 Å². The van der Waals surface area contributed by atoms with Crippen LogP contribution in [0, 0.1) is 5.92 Å². The molecule has 0 fully saturated rings. The fourth-order valence-corrected chi connectivity index (χ4v) is 3.91. The number of ether oxygens (including phenoxy) is 2. The molecule has 0 aliphatic rings. The Morgan fingerprint density at radius 3 is 2.18 bits per heavy atom. The molecule has 1 atom stereocenters. The number of rotatable bonds is 9. The van der Waals surface area contributed by atoms with Crippen molar-refractivity contribution in [3.63, 3.8) is 0 Å². The molecule has 3 N–H and O–H groups in total. The lowest BCUT2D eigenvalue weighted by atomic mass is 10.2. The van der Waals surface area contributed by atoms with Gasteiger partial charge in [-0.25, -0.2) is 8.42 Å². The summed E-state index contributed by atoms with van der Waals surface area (Å²) >= 11 is 0. The van der Waals surface area contributed by atoms with E-state index in [1.165, 1.54) is 19.2 Å². The average Bonchev–Trinajstić information content (AvgIpc) is 2.67. The average molecular weight is 429 g/mol. The number of benzene rings is 2. The lowest BCUT2D eigenvalue weighted by Crippen LogP contribution is -2.27. The number of halogens is 1. The van der Waals surface area contributed by atoms with Gasteiger partial charge in [-0.05, 0) is 48.5 Å². The van der Waals surface area contributed by atoms with E-state index in [-0.39, 0.29) is 29.0 Å². The van der Waals surface area contributed by atoms with Crippen molar-refractivity contribution >= 4 is 33.8 Å². The highest BCUT2D eigenvalue weighted by atomic mass is 35.5. The SMILES string of the molecule is COc1ccc(S(=O)(=O)CC(C)C(=O)Nc2ccc(OCCN)cc2)cc1.Cl. The summed E-state index contributed by atoms with van der Waals surface area (Å²) in [5.41, 5.74) is 5.94. The highest BCUT2D eigenvalue weighted by Gasteiger charge is 2.23. The van der Waals surface area contributed by atoms with Gasteiger partial charge in [0.15, 0.2) is 9.84 Å². The Hall–Kier alpha value is -2.29. The third-order valence-electron chi connectivity index (χ3n) is 3.84. The zero-order chi connectivity index (χ0) is 19.9. The Kier molecular flexibility index (Phi) is 9.24. The molecule has 0 heterocycles. The highest BCUT2D eigenvalue weighted by Crippen LogP contribution is 2.20. The van der Waals surface area contributed by atoms with Crippen molar-refractivity contribution in [2.24, 2.45) is 11.7 Å². The number of hydrogen-bond donors (Lipinski definition) is 2.